The molecule has 0 fully saturated rings. The van der Waals surface area contributed by atoms with Gasteiger partial charge in [0.25, 0.3) is 0 Å². The van der Waals surface area contributed by atoms with Gasteiger partial charge in [0.15, 0.2) is 5.82 Å². The Bertz CT molecular complexity index is 1160. The van der Waals surface area contributed by atoms with Crippen LogP contribution in [0.15, 0.2) is 29.4 Å². The number of fused-ring (bicyclic) bond motifs is 1. The number of nitrogen functional groups attached to an aromatic ring is 1. The fraction of sp³-hybridized carbons (Fsp3) is 0.364. The number of nitrogens with zero attached hydrogens (tertiary/aromatic N) is 3. The molecule has 0 unspecified atom stereocenters. The van der Waals surface area contributed by atoms with Crippen LogP contribution in [0.5, 0.6) is 5.75 Å². The lowest BCUT2D eigenvalue weighted by atomic mass is 9.95. The maximum atomic E-state index is 12.7. The molecule has 0 bridgehead atoms. The molecule has 2 heterocycles. The molecule has 3 aromatic rings. The van der Waals surface area contributed by atoms with E-state index >= 15 is 0 Å². The van der Waals surface area contributed by atoms with Gasteiger partial charge in [0, 0.05) is 10.4 Å². The maximum absolute atomic E-state index is 12.7. The number of benzene rings is 1. The number of aryl methyl sites for hydroxylation is 1. The lowest BCUT2D eigenvalue weighted by Crippen LogP contribution is -2.18. The van der Waals surface area contributed by atoms with Gasteiger partial charge in [-0.2, -0.15) is 0 Å². The van der Waals surface area contributed by atoms with Gasteiger partial charge in [-0.3, -0.25) is 4.79 Å². The lowest BCUT2D eigenvalue weighted by molar-refractivity contribution is -0.113. The van der Waals surface area contributed by atoms with Crippen molar-refractivity contribution in [3.05, 3.63) is 40.3 Å². The van der Waals surface area contributed by atoms with Crippen molar-refractivity contribution in [1.29, 1.82) is 0 Å². The zero-order valence-corrected chi connectivity index (χ0v) is 20.1. The van der Waals surface area contributed by atoms with E-state index in [0.717, 1.165) is 47.4 Å². The number of hydrogen-bond acceptors (Lipinski definition) is 9. The van der Waals surface area contributed by atoms with Crippen LogP contribution < -0.4 is 15.9 Å². The van der Waals surface area contributed by atoms with Crippen molar-refractivity contribution < 1.29 is 19.1 Å². The summed E-state index contributed by atoms with van der Waals surface area (Å²) in [6, 6.07) is 7.30. The number of ether oxygens (including phenoxy) is 2. The van der Waals surface area contributed by atoms with Crippen molar-refractivity contribution in [1.82, 2.24) is 14.9 Å². The van der Waals surface area contributed by atoms with Gasteiger partial charge >= 0.3 is 5.97 Å². The quantitative estimate of drug-likeness (QED) is 0.281. The summed E-state index contributed by atoms with van der Waals surface area (Å²) in [4.78, 5) is 26.4. The lowest BCUT2D eigenvalue weighted by Gasteiger charge is -2.12. The number of methoxy groups -OCH3 is 1. The van der Waals surface area contributed by atoms with Crippen molar-refractivity contribution >= 4 is 40.0 Å². The van der Waals surface area contributed by atoms with Crippen LogP contribution in [-0.4, -0.2) is 46.2 Å². The number of hydrogen-bond donors (Lipinski definition) is 2. The molecule has 1 amide bonds. The molecule has 0 aliphatic heterocycles. The molecule has 33 heavy (non-hydrogen) atoms. The summed E-state index contributed by atoms with van der Waals surface area (Å²) >= 11 is 2.64. The minimum atomic E-state index is -0.384. The van der Waals surface area contributed by atoms with Crippen molar-refractivity contribution in [3.63, 3.8) is 0 Å². The fourth-order valence-corrected chi connectivity index (χ4v) is 5.63. The number of aromatic nitrogens is 3. The highest BCUT2D eigenvalue weighted by atomic mass is 32.2. The van der Waals surface area contributed by atoms with Gasteiger partial charge in [-0.15, -0.1) is 21.5 Å². The molecule has 4 rings (SSSR count). The Morgan fingerprint density at radius 2 is 1.97 bits per heavy atom. The van der Waals surface area contributed by atoms with E-state index in [2.05, 4.69) is 15.5 Å². The molecule has 0 atom stereocenters. The highest BCUT2D eigenvalue weighted by molar-refractivity contribution is 7.99. The van der Waals surface area contributed by atoms with Gasteiger partial charge in [-0.25, -0.2) is 9.47 Å². The van der Waals surface area contributed by atoms with Crippen LogP contribution in [0.25, 0.3) is 11.4 Å². The Labute approximate surface area is 199 Å². The number of anilines is 1. The molecule has 1 aliphatic carbocycles. The Balaban J connectivity index is 1.44. The molecule has 2 aromatic heterocycles. The van der Waals surface area contributed by atoms with Crippen LogP contribution in [0.1, 0.15) is 40.6 Å². The van der Waals surface area contributed by atoms with E-state index in [1.807, 2.05) is 24.3 Å². The van der Waals surface area contributed by atoms with E-state index < -0.39 is 0 Å². The minimum absolute atomic E-state index is 0.0722. The summed E-state index contributed by atoms with van der Waals surface area (Å²) in [6.45, 7) is 2.06. The molecule has 11 heteroatoms. The normalized spacial score (nSPS) is 12.8. The van der Waals surface area contributed by atoms with Crippen molar-refractivity contribution in [2.24, 2.45) is 0 Å². The Morgan fingerprint density at radius 3 is 2.70 bits per heavy atom. The van der Waals surface area contributed by atoms with E-state index in [4.69, 9.17) is 15.3 Å². The minimum Gasteiger partial charge on any atom is -0.497 e. The molecule has 0 saturated carbocycles. The van der Waals surface area contributed by atoms with Crippen LogP contribution in [0.4, 0.5) is 5.00 Å². The first kappa shape index (κ1) is 23.1. The third-order valence-corrected chi connectivity index (χ3v) is 7.40. The Hall–Kier alpha value is -3.05. The SMILES string of the molecule is CCOC(=O)c1c(NC(=O)CSc2nnc(-c3ccc(OC)cc3)n2N)sc2c1CCCC2. The maximum Gasteiger partial charge on any atom is 0.341 e. The largest absolute Gasteiger partial charge is 0.497 e. The number of amides is 1. The summed E-state index contributed by atoms with van der Waals surface area (Å²) in [6.07, 6.45) is 3.86. The fourth-order valence-electron chi connectivity index (χ4n) is 3.68. The van der Waals surface area contributed by atoms with E-state index in [1.54, 1.807) is 14.0 Å². The van der Waals surface area contributed by atoms with Gasteiger partial charge in [0.1, 0.15) is 10.8 Å². The summed E-state index contributed by atoms with van der Waals surface area (Å²) in [5.74, 6) is 6.80. The molecule has 0 saturated heterocycles. The van der Waals surface area contributed by atoms with E-state index in [0.29, 0.717) is 21.5 Å². The summed E-state index contributed by atoms with van der Waals surface area (Å²) in [7, 11) is 1.60. The summed E-state index contributed by atoms with van der Waals surface area (Å²) in [5, 5.41) is 12.1. The highest BCUT2D eigenvalue weighted by Crippen LogP contribution is 2.38. The van der Waals surface area contributed by atoms with Crippen molar-refractivity contribution in [2.45, 2.75) is 37.8 Å². The number of thioether (sulfide) groups is 1. The second kappa shape index (κ2) is 10.3. The van der Waals surface area contributed by atoms with Gasteiger partial charge in [-0.1, -0.05) is 11.8 Å². The standard InChI is InChI=1S/C22H25N5O4S2/c1-3-31-21(29)18-15-6-4-5-7-16(15)33-20(18)24-17(28)12-32-22-26-25-19(27(22)23)13-8-10-14(30-2)11-9-13/h8-11H,3-7,12,23H2,1-2H3,(H,24,28). The predicted molar refractivity (Wildman–Crippen MR) is 128 cm³/mol. The van der Waals surface area contributed by atoms with Gasteiger partial charge in [-0.05, 0) is 62.4 Å². The number of nitrogens with one attached hydrogen (secondary N) is 1. The third-order valence-electron chi connectivity index (χ3n) is 5.25. The molecule has 9 nitrogen and oxygen atoms in total. The van der Waals surface area contributed by atoms with Crippen molar-refractivity contribution in [3.8, 4) is 17.1 Å². The summed E-state index contributed by atoms with van der Waals surface area (Å²) in [5.41, 5.74) is 2.29. The zero-order valence-electron chi connectivity index (χ0n) is 18.4. The smallest absolute Gasteiger partial charge is 0.341 e. The van der Waals surface area contributed by atoms with E-state index in [9.17, 15) is 9.59 Å². The predicted octanol–water partition coefficient (Wildman–Crippen LogP) is 3.52. The average Bonchev–Trinajstić information content (AvgIpc) is 3.37. The number of esters is 1. The number of carbonyl (C=O) groups excluding carboxylic acids is 2. The van der Waals surface area contributed by atoms with E-state index in [1.165, 1.54) is 27.8 Å². The first-order valence-electron chi connectivity index (χ1n) is 10.6. The van der Waals surface area contributed by atoms with Crippen LogP contribution in [0.3, 0.4) is 0 Å². The molecule has 3 N–H and O–H groups in total. The van der Waals surface area contributed by atoms with Crippen LogP contribution in [-0.2, 0) is 22.4 Å². The molecular weight excluding hydrogens is 462 g/mol. The number of thiophene rings is 1. The second-order valence-electron chi connectivity index (χ2n) is 7.38. The first-order valence-corrected chi connectivity index (χ1v) is 12.4. The first-order chi connectivity index (χ1) is 16.0. The second-order valence-corrected chi connectivity index (χ2v) is 9.42. The van der Waals surface area contributed by atoms with Crippen LogP contribution in [0.2, 0.25) is 0 Å². The van der Waals surface area contributed by atoms with Gasteiger partial charge < -0.3 is 20.6 Å². The average molecular weight is 488 g/mol. The van der Waals surface area contributed by atoms with Crippen LogP contribution >= 0.6 is 23.1 Å². The zero-order chi connectivity index (χ0) is 23.4. The molecule has 1 aromatic carbocycles. The molecule has 0 spiro atoms. The molecular formula is C22H25N5O4S2. The molecule has 0 radical (unpaired) electrons. The molecule has 1 aliphatic rings. The number of carbonyl (C=O) groups is 2. The Morgan fingerprint density at radius 1 is 1.21 bits per heavy atom. The van der Waals surface area contributed by atoms with Crippen LogP contribution in [0, 0.1) is 0 Å². The van der Waals surface area contributed by atoms with E-state index in [-0.39, 0.29) is 24.2 Å². The monoisotopic (exact) mass is 487 g/mol. The Kier molecular flexibility index (Phi) is 7.19. The highest BCUT2D eigenvalue weighted by Gasteiger charge is 2.27. The summed E-state index contributed by atoms with van der Waals surface area (Å²) < 4.78 is 11.8. The number of nitrogens with two attached hydrogens (primary N) is 1. The third kappa shape index (κ3) is 4.98. The molecule has 174 valence electrons. The topological polar surface area (TPSA) is 121 Å². The van der Waals surface area contributed by atoms with Gasteiger partial charge in [0.05, 0.1) is 25.0 Å². The van der Waals surface area contributed by atoms with Gasteiger partial charge in [0.2, 0.25) is 11.1 Å². The van der Waals surface area contributed by atoms with Crippen molar-refractivity contribution in [2.75, 3.05) is 30.6 Å². The number of rotatable bonds is 8.